The second-order valence-electron chi connectivity index (χ2n) is 6.03. The van der Waals surface area contributed by atoms with Crippen LogP contribution in [0.25, 0.3) is 0 Å². The number of aryl methyl sites for hydroxylation is 1. The highest BCUT2D eigenvalue weighted by Crippen LogP contribution is 2.22. The third kappa shape index (κ3) is 5.76. The standard InChI is InChI=1S/C15H27N3O2S.ClH/c1-11(2)8-13(10-16)17-21(19,20)14-7-6-12(3)15(9-14)18(4)5;/h6-7,9,11,13,17H,8,10,16H2,1-5H3;1H. The molecule has 0 heterocycles. The number of hydrogen-bond acceptors (Lipinski definition) is 4. The van der Waals surface area contributed by atoms with Crippen molar-refractivity contribution in [2.45, 2.75) is 38.1 Å². The van der Waals surface area contributed by atoms with Gasteiger partial charge in [-0.3, -0.25) is 0 Å². The Morgan fingerprint density at radius 3 is 2.32 bits per heavy atom. The molecule has 0 bridgehead atoms. The van der Waals surface area contributed by atoms with E-state index in [1.807, 2.05) is 45.8 Å². The number of rotatable bonds is 7. The lowest BCUT2D eigenvalue weighted by Gasteiger charge is -2.20. The molecule has 1 aromatic rings. The lowest BCUT2D eigenvalue weighted by molar-refractivity contribution is 0.465. The predicted octanol–water partition coefficient (Wildman–Crippen LogP) is 2.13. The van der Waals surface area contributed by atoms with Crippen LogP contribution in [0, 0.1) is 12.8 Å². The number of hydrogen-bond donors (Lipinski definition) is 2. The molecule has 0 saturated carbocycles. The first-order valence-electron chi connectivity index (χ1n) is 7.17. The van der Waals surface area contributed by atoms with Crippen LogP contribution >= 0.6 is 12.4 Å². The molecule has 0 aliphatic rings. The number of anilines is 1. The van der Waals surface area contributed by atoms with Gasteiger partial charge in [0.25, 0.3) is 0 Å². The Labute approximate surface area is 140 Å². The van der Waals surface area contributed by atoms with E-state index in [1.165, 1.54) is 0 Å². The molecular weight excluding hydrogens is 322 g/mol. The van der Waals surface area contributed by atoms with Gasteiger partial charge in [0, 0.05) is 32.4 Å². The topological polar surface area (TPSA) is 75.4 Å². The fraction of sp³-hybridized carbons (Fsp3) is 0.600. The summed E-state index contributed by atoms with van der Waals surface area (Å²) in [6, 6.07) is 4.91. The van der Waals surface area contributed by atoms with E-state index < -0.39 is 10.0 Å². The van der Waals surface area contributed by atoms with Gasteiger partial charge in [-0.15, -0.1) is 12.4 Å². The average molecular weight is 350 g/mol. The molecule has 0 aromatic heterocycles. The van der Waals surface area contributed by atoms with Crippen LogP contribution in [-0.4, -0.2) is 35.1 Å². The molecule has 1 unspecified atom stereocenters. The average Bonchev–Trinajstić information content (AvgIpc) is 2.36. The zero-order chi connectivity index (χ0) is 16.2. The van der Waals surface area contributed by atoms with Crippen LogP contribution in [0.5, 0.6) is 0 Å². The monoisotopic (exact) mass is 349 g/mol. The zero-order valence-electron chi connectivity index (χ0n) is 14.0. The molecule has 0 saturated heterocycles. The van der Waals surface area contributed by atoms with Crippen molar-refractivity contribution in [1.29, 1.82) is 0 Å². The second-order valence-corrected chi connectivity index (χ2v) is 7.74. The minimum Gasteiger partial charge on any atom is -0.377 e. The molecule has 1 atom stereocenters. The van der Waals surface area contributed by atoms with Gasteiger partial charge in [-0.05, 0) is 37.0 Å². The molecule has 0 amide bonds. The molecule has 3 N–H and O–H groups in total. The highest BCUT2D eigenvalue weighted by atomic mass is 35.5. The maximum absolute atomic E-state index is 12.5. The summed E-state index contributed by atoms with van der Waals surface area (Å²) in [6.45, 7) is 6.35. The van der Waals surface area contributed by atoms with Gasteiger partial charge in [-0.25, -0.2) is 13.1 Å². The van der Waals surface area contributed by atoms with Gasteiger partial charge < -0.3 is 10.6 Å². The van der Waals surface area contributed by atoms with Crippen molar-refractivity contribution in [3.05, 3.63) is 23.8 Å². The van der Waals surface area contributed by atoms with Gasteiger partial charge in [0.15, 0.2) is 0 Å². The Hall–Kier alpha value is -0.820. The molecule has 1 rings (SSSR count). The predicted molar refractivity (Wildman–Crippen MR) is 95.4 cm³/mol. The highest BCUT2D eigenvalue weighted by Gasteiger charge is 2.21. The van der Waals surface area contributed by atoms with E-state index in [4.69, 9.17) is 5.73 Å². The lowest BCUT2D eigenvalue weighted by Crippen LogP contribution is -2.41. The summed E-state index contributed by atoms with van der Waals surface area (Å²) in [5.74, 6) is 0.386. The second kappa shape index (κ2) is 8.72. The first-order valence-corrected chi connectivity index (χ1v) is 8.66. The van der Waals surface area contributed by atoms with E-state index in [9.17, 15) is 8.42 Å². The van der Waals surface area contributed by atoms with Gasteiger partial charge in [-0.2, -0.15) is 0 Å². The molecule has 7 heteroatoms. The van der Waals surface area contributed by atoms with Crippen LogP contribution in [0.15, 0.2) is 23.1 Å². The Balaban J connectivity index is 0.00000441. The number of sulfonamides is 1. The van der Waals surface area contributed by atoms with Gasteiger partial charge >= 0.3 is 0 Å². The van der Waals surface area contributed by atoms with Crippen molar-refractivity contribution in [2.24, 2.45) is 11.7 Å². The van der Waals surface area contributed by atoms with Crippen LogP contribution < -0.4 is 15.4 Å². The lowest BCUT2D eigenvalue weighted by atomic mass is 10.1. The van der Waals surface area contributed by atoms with Crippen molar-refractivity contribution >= 4 is 28.1 Å². The zero-order valence-corrected chi connectivity index (χ0v) is 15.6. The summed E-state index contributed by atoms with van der Waals surface area (Å²) in [7, 11) is 0.246. The van der Waals surface area contributed by atoms with Crippen molar-refractivity contribution in [2.75, 3.05) is 25.5 Å². The first kappa shape index (κ1) is 21.2. The van der Waals surface area contributed by atoms with Crippen molar-refractivity contribution in [1.82, 2.24) is 4.72 Å². The molecule has 0 fully saturated rings. The van der Waals surface area contributed by atoms with Crippen LogP contribution in [0.2, 0.25) is 0 Å². The molecule has 128 valence electrons. The van der Waals surface area contributed by atoms with Crippen molar-refractivity contribution in [3.8, 4) is 0 Å². The fourth-order valence-electron chi connectivity index (χ4n) is 2.29. The molecular formula is C15H28ClN3O2S. The van der Waals surface area contributed by atoms with Crippen molar-refractivity contribution < 1.29 is 8.42 Å². The SMILES string of the molecule is Cc1ccc(S(=O)(=O)NC(CN)CC(C)C)cc1N(C)C.Cl. The number of benzene rings is 1. The van der Waals surface area contributed by atoms with E-state index in [2.05, 4.69) is 4.72 Å². The van der Waals surface area contributed by atoms with Crippen LogP contribution in [0.4, 0.5) is 5.69 Å². The van der Waals surface area contributed by atoms with Crippen LogP contribution in [0.3, 0.4) is 0 Å². The summed E-state index contributed by atoms with van der Waals surface area (Å²) in [6.07, 6.45) is 0.724. The van der Waals surface area contributed by atoms with E-state index in [0.717, 1.165) is 17.7 Å². The molecule has 1 aromatic carbocycles. The minimum atomic E-state index is -3.55. The van der Waals surface area contributed by atoms with Crippen molar-refractivity contribution in [3.63, 3.8) is 0 Å². The summed E-state index contributed by atoms with van der Waals surface area (Å²) >= 11 is 0. The summed E-state index contributed by atoms with van der Waals surface area (Å²) in [4.78, 5) is 2.18. The van der Waals surface area contributed by atoms with E-state index >= 15 is 0 Å². The van der Waals surface area contributed by atoms with Crippen LogP contribution in [0.1, 0.15) is 25.8 Å². The molecule has 0 aliphatic heterocycles. The Bertz CT molecular complexity index is 574. The number of nitrogens with zero attached hydrogens (tertiary/aromatic N) is 1. The summed E-state index contributed by atoms with van der Waals surface area (Å²) in [5, 5.41) is 0. The minimum absolute atomic E-state index is 0. The van der Waals surface area contributed by atoms with Gasteiger partial charge in [-0.1, -0.05) is 19.9 Å². The summed E-state index contributed by atoms with van der Waals surface area (Å²) < 4.78 is 27.7. The maximum atomic E-state index is 12.5. The van der Waals surface area contributed by atoms with Gasteiger partial charge in [0.05, 0.1) is 4.90 Å². The Kier molecular flexibility index (Phi) is 8.39. The molecule has 0 spiro atoms. The fourth-order valence-corrected chi connectivity index (χ4v) is 3.57. The van der Waals surface area contributed by atoms with E-state index in [-0.39, 0.29) is 23.3 Å². The number of halogens is 1. The number of nitrogens with one attached hydrogen (secondary N) is 1. The normalized spacial score (nSPS) is 12.9. The van der Waals surface area contributed by atoms with E-state index in [0.29, 0.717) is 12.5 Å². The molecule has 0 radical (unpaired) electrons. The molecule has 22 heavy (non-hydrogen) atoms. The molecule has 5 nitrogen and oxygen atoms in total. The highest BCUT2D eigenvalue weighted by molar-refractivity contribution is 7.89. The summed E-state index contributed by atoms with van der Waals surface area (Å²) in [5.41, 5.74) is 7.61. The van der Waals surface area contributed by atoms with Crippen LogP contribution in [-0.2, 0) is 10.0 Å². The first-order chi connectivity index (χ1) is 9.67. The molecule has 0 aliphatic carbocycles. The van der Waals surface area contributed by atoms with Gasteiger partial charge in [0.1, 0.15) is 0 Å². The largest absolute Gasteiger partial charge is 0.377 e. The Morgan fingerprint density at radius 1 is 1.27 bits per heavy atom. The van der Waals surface area contributed by atoms with Gasteiger partial charge in [0.2, 0.25) is 10.0 Å². The Morgan fingerprint density at radius 2 is 1.86 bits per heavy atom. The quantitative estimate of drug-likeness (QED) is 0.790. The third-order valence-electron chi connectivity index (χ3n) is 3.33. The maximum Gasteiger partial charge on any atom is 0.240 e. The van der Waals surface area contributed by atoms with E-state index in [1.54, 1.807) is 12.1 Å². The third-order valence-corrected chi connectivity index (χ3v) is 4.85. The number of nitrogens with two attached hydrogens (primary N) is 1. The smallest absolute Gasteiger partial charge is 0.240 e.